The number of aryl methyl sites for hydroxylation is 1. The number of alkyl halides is 2. The van der Waals surface area contributed by atoms with Gasteiger partial charge >= 0.3 is 6.03 Å². The summed E-state index contributed by atoms with van der Waals surface area (Å²) in [6, 6.07) is 2.33. The first-order valence-corrected chi connectivity index (χ1v) is 6.69. The highest BCUT2D eigenvalue weighted by Crippen LogP contribution is 2.11. The smallest absolute Gasteiger partial charge is 0.319 e. The van der Waals surface area contributed by atoms with Gasteiger partial charge in [0.2, 0.25) is 0 Å². The average Bonchev–Trinajstić information content (AvgIpc) is 2.80. The van der Waals surface area contributed by atoms with Crippen LogP contribution in [0, 0.1) is 0 Å². The predicted octanol–water partition coefficient (Wildman–Crippen LogP) is 0.846. The molecule has 1 aliphatic rings. The Bertz CT molecular complexity index is 561. The van der Waals surface area contributed by atoms with Crippen molar-refractivity contribution in [3.63, 3.8) is 0 Å². The van der Waals surface area contributed by atoms with Gasteiger partial charge in [-0.25, -0.2) is 13.6 Å². The fourth-order valence-electron chi connectivity index (χ4n) is 2.29. The maximum absolute atomic E-state index is 12.3. The van der Waals surface area contributed by atoms with E-state index in [9.17, 15) is 18.4 Å². The molecule has 1 saturated heterocycles. The van der Waals surface area contributed by atoms with E-state index in [1.54, 1.807) is 24.2 Å². The van der Waals surface area contributed by atoms with Crippen LogP contribution in [0.2, 0.25) is 0 Å². The van der Waals surface area contributed by atoms with Crippen molar-refractivity contribution in [3.8, 4) is 0 Å². The van der Waals surface area contributed by atoms with Crippen molar-refractivity contribution in [2.45, 2.75) is 18.9 Å². The molecule has 2 rings (SSSR count). The van der Waals surface area contributed by atoms with Crippen LogP contribution in [0.4, 0.5) is 19.3 Å². The highest BCUT2D eigenvalue weighted by molar-refractivity contribution is 5.89. The number of carbonyl (C=O) groups is 1. The van der Waals surface area contributed by atoms with Gasteiger partial charge in [-0.1, -0.05) is 0 Å². The summed E-state index contributed by atoms with van der Waals surface area (Å²) in [5.74, 6) is 0. The Morgan fingerprint density at radius 3 is 2.95 bits per heavy atom. The van der Waals surface area contributed by atoms with Gasteiger partial charge in [-0.2, -0.15) is 0 Å². The molecule has 116 valence electrons. The Hall–Kier alpha value is -1.96. The zero-order valence-electron chi connectivity index (χ0n) is 11.7. The van der Waals surface area contributed by atoms with E-state index in [1.807, 2.05) is 0 Å². The van der Waals surface area contributed by atoms with Crippen LogP contribution in [-0.4, -0.2) is 47.6 Å². The van der Waals surface area contributed by atoms with E-state index in [2.05, 4.69) is 10.6 Å². The highest BCUT2D eigenvalue weighted by Gasteiger charge is 2.25. The molecule has 2 N–H and O–H groups in total. The molecule has 1 fully saturated rings. The lowest BCUT2D eigenvalue weighted by Gasteiger charge is -2.16. The van der Waals surface area contributed by atoms with Gasteiger partial charge < -0.3 is 15.2 Å². The minimum Gasteiger partial charge on any atom is -0.334 e. The van der Waals surface area contributed by atoms with E-state index in [0.29, 0.717) is 25.2 Å². The molecule has 21 heavy (non-hydrogen) atoms. The second-order valence-electron chi connectivity index (χ2n) is 5.10. The summed E-state index contributed by atoms with van der Waals surface area (Å²) in [7, 11) is 1.61. The minimum atomic E-state index is -2.36. The van der Waals surface area contributed by atoms with E-state index in [4.69, 9.17) is 0 Å². The van der Waals surface area contributed by atoms with Crippen molar-refractivity contribution in [3.05, 3.63) is 28.7 Å². The summed E-state index contributed by atoms with van der Waals surface area (Å²) in [6.07, 6.45) is -0.174. The van der Waals surface area contributed by atoms with Crippen molar-refractivity contribution in [1.29, 1.82) is 0 Å². The number of aromatic nitrogens is 1. The number of amides is 2. The van der Waals surface area contributed by atoms with Crippen LogP contribution in [0.25, 0.3) is 0 Å². The maximum Gasteiger partial charge on any atom is 0.319 e. The number of halogens is 2. The number of rotatable bonds is 4. The molecule has 1 unspecified atom stereocenters. The van der Waals surface area contributed by atoms with Crippen molar-refractivity contribution in [2.24, 2.45) is 7.05 Å². The Morgan fingerprint density at radius 2 is 2.29 bits per heavy atom. The number of anilines is 1. The lowest BCUT2D eigenvalue weighted by Crippen LogP contribution is -2.40. The van der Waals surface area contributed by atoms with Gasteiger partial charge in [0.1, 0.15) is 0 Å². The molecule has 0 aromatic carbocycles. The summed E-state index contributed by atoms with van der Waals surface area (Å²) in [5, 5.41) is 5.28. The van der Waals surface area contributed by atoms with Gasteiger partial charge in [0.05, 0.1) is 6.54 Å². The molecule has 2 heterocycles. The average molecular weight is 300 g/mol. The summed E-state index contributed by atoms with van der Waals surface area (Å²) in [4.78, 5) is 24.8. The molecule has 0 radical (unpaired) electrons. The van der Waals surface area contributed by atoms with E-state index in [-0.39, 0.29) is 18.1 Å². The molecule has 8 heteroatoms. The lowest BCUT2D eigenvalue weighted by molar-refractivity contribution is 0.0988. The van der Waals surface area contributed by atoms with Gasteiger partial charge in [-0.3, -0.25) is 9.69 Å². The molecule has 0 saturated carbocycles. The fourth-order valence-corrected chi connectivity index (χ4v) is 2.29. The zero-order chi connectivity index (χ0) is 15.4. The number of hydrogen-bond acceptors (Lipinski definition) is 3. The third-order valence-electron chi connectivity index (χ3n) is 3.37. The van der Waals surface area contributed by atoms with Crippen LogP contribution < -0.4 is 16.2 Å². The van der Waals surface area contributed by atoms with E-state index in [0.717, 1.165) is 0 Å². The van der Waals surface area contributed by atoms with Crippen molar-refractivity contribution >= 4 is 11.7 Å². The van der Waals surface area contributed by atoms with Gasteiger partial charge in [-0.15, -0.1) is 0 Å². The second kappa shape index (κ2) is 6.66. The van der Waals surface area contributed by atoms with Crippen molar-refractivity contribution in [1.82, 2.24) is 14.8 Å². The van der Waals surface area contributed by atoms with Crippen LogP contribution in [-0.2, 0) is 7.05 Å². The van der Waals surface area contributed by atoms with Crippen LogP contribution in [0.3, 0.4) is 0 Å². The zero-order valence-corrected chi connectivity index (χ0v) is 11.7. The van der Waals surface area contributed by atoms with Crippen molar-refractivity contribution in [2.75, 3.05) is 25.0 Å². The van der Waals surface area contributed by atoms with E-state index < -0.39 is 12.5 Å². The standard InChI is InChI=1S/C13H18F2N4O2/c1-18-4-2-9(6-12(18)20)16-13(21)17-10-3-5-19(7-10)8-11(14)15/h2,4,6,10-11H,3,5,7-8H2,1H3,(H2,16,17,21). The van der Waals surface area contributed by atoms with E-state index >= 15 is 0 Å². The van der Waals surface area contributed by atoms with Crippen LogP contribution in [0.1, 0.15) is 6.42 Å². The first kappa shape index (κ1) is 15.4. The molecule has 2 amide bonds. The van der Waals surface area contributed by atoms with Crippen molar-refractivity contribution < 1.29 is 13.6 Å². The SMILES string of the molecule is Cn1ccc(NC(=O)NC2CCN(CC(F)F)C2)cc1=O. The first-order valence-electron chi connectivity index (χ1n) is 6.69. The largest absolute Gasteiger partial charge is 0.334 e. The third kappa shape index (κ3) is 4.52. The third-order valence-corrected chi connectivity index (χ3v) is 3.37. The topological polar surface area (TPSA) is 66.4 Å². The minimum absolute atomic E-state index is 0.157. The Kier molecular flexibility index (Phi) is 4.89. The second-order valence-corrected chi connectivity index (χ2v) is 5.10. The highest BCUT2D eigenvalue weighted by atomic mass is 19.3. The molecule has 1 atom stereocenters. The molecule has 1 aromatic heterocycles. The molecular formula is C13H18F2N4O2. The summed E-state index contributed by atoms with van der Waals surface area (Å²) in [6.45, 7) is 0.685. The van der Waals surface area contributed by atoms with Gasteiger partial charge in [0.25, 0.3) is 12.0 Å². The molecule has 0 spiro atoms. The maximum atomic E-state index is 12.3. The number of nitrogens with one attached hydrogen (secondary N) is 2. The Morgan fingerprint density at radius 1 is 1.52 bits per heavy atom. The fraction of sp³-hybridized carbons (Fsp3) is 0.538. The number of nitrogens with zero attached hydrogens (tertiary/aromatic N) is 2. The number of likely N-dealkylation sites (tertiary alicyclic amines) is 1. The summed E-state index contributed by atoms with van der Waals surface area (Å²) >= 11 is 0. The lowest BCUT2D eigenvalue weighted by atomic mass is 10.3. The number of pyridine rings is 1. The van der Waals surface area contributed by atoms with Gasteiger partial charge in [-0.05, 0) is 12.5 Å². The summed E-state index contributed by atoms with van der Waals surface area (Å²) in [5.41, 5.74) is 0.176. The predicted molar refractivity (Wildman–Crippen MR) is 74.7 cm³/mol. The van der Waals surface area contributed by atoms with Gasteiger partial charge in [0.15, 0.2) is 0 Å². The summed E-state index contributed by atoms with van der Waals surface area (Å²) < 4.78 is 25.9. The van der Waals surface area contributed by atoms with Crippen LogP contribution in [0.5, 0.6) is 0 Å². The quantitative estimate of drug-likeness (QED) is 0.866. The molecule has 1 aromatic rings. The molecule has 0 aliphatic carbocycles. The normalized spacial score (nSPS) is 19.0. The Balaban J connectivity index is 1.82. The molecule has 6 nitrogen and oxygen atoms in total. The Labute approximate surface area is 120 Å². The molecule has 0 bridgehead atoms. The number of carbonyl (C=O) groups excluding carboxylic acids is 1. The van der Waals surface area contributed by atoms with E-state index in [1.165, 1.54) is 10.6 Å². The number of urea groups is 1. The van der Waals surface area contributed by atoms with Gasteiger partial charge in [0, 0.05) is 44.1 Å². The van der Waals surface area contributed by atoms with Crippen LogP contribution >= 0.6 is 0 Å². The molecule has 1 aliphatic heterocycles. The monoisotopic (exact) mass is 300 g/mol. The number of hydrogen-bond donors (Lipinski definition) is 2. The first-order chi connectivity index (χ1) is 9.94. The molecular weight excluding hydrogens is 282 g/mol. The van der Waals surface area contributed by atoms with Crippen LogP contribution in [0.15, 0.2) is 23.1 Å².